The SMILES string of the molecule is CN(C)c1nc(-c2ccccc2)ccc1C#N. The number of aromatic nitrogens is 1. The fourth-order valence-corrected chi connectivity index (χ4v) is 1.65. The van der Waals surface area contributed by atoms with Crippen LogP contribution in [0.1, 0.15) is 5.56 Å². The fourth-order valence-electron chi connectivity index (χ4n) is 1.65. The predicted octanol–water partition coefficient (Wildman–Crippen LogP) is 2.69. The zero-order valence-electron chi connectivity index (χ0n) is 9.88. The predicted molar refractivity (Wildman–Crippen MR) is 68.7 cm³/mol. The third-order valence-electron chi connectivity index (χ3n) is 2.49. The van der Waals surface area contributed by atoms with Crippen LogP contribution in [0.25, 0.3) is 11.3 Å². The number of nitrogens with zero attached hydrogens (tertiary/aromatic N) is 3. The van der Waals surface area contributed by atoms with Crippen LogP contribution in [0.3, 0.4) is 0 Å². The van der Waals surface area contributed by atoms with Crippen LogP contribution in [-0.2, 0) is 0 Å². The summed E-state index contributed by atoms with van der Waals surface area (Å²) < 4.78 is 0. The summed E-state index contributed by atoms with van der Waals surface area (Å²) in [5.41, 5.74) is 2.53. The van der Waals surface area contributed by atoms with Gasteiger partial charge in [-0.2, -0.15) is 5.26 Å². The van der Waals surface area contributed by atoms with E-state index < -0.39 is 0 Å². The maximum Gasteiger partial charge on any atom is 0.146 e. The largest absolute Gasteiger partial charge is 0.362 e. The number of benzene rings is 1. The molecule has 0 radical (unpaired) electrons. The first-order valence-corrected chi connectivity index (χ1v) is 5.36. The molecule has 1 aromatic carbocycles. The summed E-state index contributed by atoms with van der Waals surface area (Å²) >= 11 is 0. The molecule has 0 N–H and O–H groups in total. The van der Waals surface area contributed by atoms with E-state index in [1.807, 2.05) is 61.5 Å². The lowest BCUT2D eigenvalue weighted by Crippen LogP contribution is -2.12. The molecule has 0 aliphatic rings. The molecule has 2 aromatic rings. The minimum absolute atomic E-state index is 0.592. The maximum atomic E-state index is 9.01. The van der Waals surface area contributed by atoms with E-state index in [4.69, 9.17) is 5.26 Å². The van der Waals surface area contributed by atoms with Crippen LogP contribution in [0.2, 0.25) is 0 Å². The van der Waals surface area contributed by atoms with Crippen LogP contribution in [-0.4, -0.2) is 19.1 Å². The summed E-state index contributed by atoms with van der Waals surface area (Å²) in [4.78, 5) is 6.37. The fraction of sp³-hybridized carbons (Fsp3) is 0.143. The normalized spacial score (nSPS) is 9.71. The Bertz CT molecular complexity index is 553. The molecule has 3 heteroatoms. The summed E-state index contributed by atoms with van der Waals surface area (Å²) in [7, 11) is 3.77. The third kappa shape index (κ3) is 2.26. The molecule has 1 heterocycles. The average molecular weight is 223 g/mol. The van der Waals surface area contributed by atoms with Crippen LogP contribution < -0.4 is 4.90 Å². The molecule has 1 aromatic heterocycles. The molecule has 0 spiro atoms. The second kappa shape index (κ2) is 4.67. The Morgan fingerprint density at radius 2 is 1.76 bits per heavy atom. The highest BCUT2D eigenvalue weighted by Gasteiger charge is 2.08. The van der Waals surface area contributed by atoms with Gasteiger partial charge in [-0.25, -0.2) is 4.98 Å². The number of pyridine rings is 1. The number of hydrogen-bond acceptors (Lipinski definition) is 3. The van der Waals surface area contributed by atoms with Gasteiger partial charge in [0.05, 0.1) is 11.3 Å². The van der Waals surface area contributed by atoms with Gasteiger partial charge in [0.2, 0.25) is 0 Å². The van der Waals surface area contributed by atoms with Gasteiger partial charge in [0.15, 0.2) is 0 Å². The topological polar surface area (TPSA) is 39.9 Å². The molecule has 0 saturated heterocycles. The lowest BCUT2D eigenvalue weighted by molar-refractivity contribution is 1.06. The Hall–Kier alpha value is -2.34. The Morgan fingerprint density at radius 1 is 1.06 bits per heavy atom. The number of hydrogen-bond donors (Lipinski definition) is 0. The smallest absolute Gasteiger partial charge is 0.146 e. The summed E-state index contributed by atoms with van der Waals surface area (Å²) in [6.45, 7) is 0. The first-order valence-electron chi connectivity index (χ1n) is 5.36. The first kappa shape index (κ1) is 11.2. The van der Waals surface area contributed by atoms with Gasteiger partial charge in [-0.05, 0) is 12.1 Å². The minimum Gasteiger partial charge on any atom is -0.362 e. The van der Waals surface area contributed by atoms with E-state index in [1.165, 1.54) is 0 Å². The third-order valence-corrected chi connectivity index (χ3v) is 2.49. The quantitative estimate of drug-likeness (QED) is 0.785. The van der Waals surface area contributed by atoms with Crippen molar-refractivity contribution in [2.24, 2.45) is 0 Å². The molecule has 0 amide bonds. The van der Waals surface area contributed by atoms with Gasteiger partial charge in [0.1, 0.15) is 11.9 Å². The molecule has 0 unspecified atom stereocenters. The second-order valence-corrected chi connectivity index (χ2v) is 3.94. The Morgan fingerprint density at radius 3 is 2.35 bits per heavy atom. The molecule has 0 atom stereocenters. The van der Waals surface area contributed by atoms with Crippen LogP contribution in [0.4, 0.5) is 5.82 Å². The van der Waals surface area contributed by atoms with Gasteiger partial charge in [-0.15, -0.1) is 0 Å². The van der Waals surface area contributed by atoms with E-state index in [-0.39, 0.29) is 0 Å². The van der Waals surface area contributed by atoms with Gasteiger partial charge in [0.25, 0.3) is 0 Å². The molecule has 3 nitrogen and oxygen atoms in total. The highest BCUT2D eigenvalue weighted by molar-refractivity contribution is 5.65. The molecular formula is C14H13N3. The molecule has 17 heavy (non-hydrogen) atoms. The lowest BCUT2D eigenvalue weighted by atomic mass is 10.1. The molecule has 0 aliphatic carbocycles. The van der Waals surface area contributed by atoms with Crippen molar-refractivity contribution in [3.05, 3.63) is 48.0 Å². The van der Waals surface area contributed by atoms with Crippen molar-refractivity contribution in [2.75, 3.05) is 19.0 Å². The Labute approximate surface area is 101 Å². The van der Waals surface area contributed by atoms with Crippen molar-refractivity contribution in [3.63, 3.8) is 0 Å². The van der Waals surface area contributed by atoms with Gasteiger partial charge in [0, 0.05) is 19.7 Å². The monoisotopic (exact) mass is 223 g/mol. The van der Waals surface area contributed by atoms with Crippen molar-refractivity contribution in [2.45, 2.75) is 0 Å². The minimum atomic E-state index is 0.592. The van der Waals surface area contributed by atoms with Crippen LogP contribution in [0, 0.1) is 11.3 Å². The highest BCUT2D eigenvalue weighted by atomic mass is 15.1. The van der Waals surface area contributed by atoms with Crippen molar-refractivity contribution >= 4 is 5.82 Å². The van der Waals surface area contributed by atoms with E-state index in [1.54, 1.807) is 0 Å². The maximum absolute atomic E-state index is 9.01. The summed E-state index contributed by atoms with van der Waals surface area (Å²) in [5.74, 6) is 0.703. The molecule has 0 bridgehead atoms. The average Bonchev–Trinajstić information content (AvgIpc) is 2.39. The van der Waals surface area contributed by atoms with Crippen molar-refractivity contribution in [1.29, 1.82) is 5.26 Å². The van der Waals surface area contributed by atoms with Gasteiger partial charge < -0.3 is 4.90 Å². The van der Waals surface area contributed by atoms with E-state index >= 15 is 0 Å². The summed E-state index contributed by atoms with van der Waals surface area (Å²) in [6, 6.07) is 15.8. The van der Waals surface area contributed by atoms with Crippen molar-refractivity contribution < 1.29 is 0 Å². The molecule has 84 valence electrons. The van der Waals surface area contributed by atoms with Crippen LogP contribution in [0.15, 0.2) is 42.5 Å². The van der Waals surface area contributed by atoms with Gasteiger partial charge in [-0.3, -0.25) is 0 Å². The highest BCUT2D eigenvalue weighted by Crippen LogP contribution is 2.22. The van der Waals surface area contributed by atoms with E-state index in [0.717, 1.165) is 11.3 Å². The van der Waals surface area contributed by atoms with Gasteiger partial charge >= 0.3 is 0 Å². The van der Waals surface area contributed by atoms with Crippen LogP contribution >= 0.6 is 0 Å². The second-order valence-electron chi connectivity index (χ2n) is 3.94. The summed E-state index contributed by atoms with van der Waals surface area (Å²) in [5, 5.41) is 9.01. The molecule has 2 rings (SSSR count). The van der Waals surface area contributed by atoms with E-state index in [2.05, 4.69) is 11.1 Å². The van der Waals surface area contributed by atoms with Gasteiger partial charge in [-0.1, -0.05) is 30.3 Å². The Balaban J connectivity index is 2.53. The number of anilines is 1. The zero-order chi connectivity index (χ0) is 12.3. The van der Waals surface area contributed by atoms with Crippen molar-refractivity contribution in [1.82, 2.24) is 4.98 Å². The zero-order valence-corrected chi connectivity index (χ0v) is 9.88. The first-order chi connectivity index (χ1) is 8.22. The number of nitriles is 1. The standard InChI is InChI=1S/C14H13N3/c1-17(2)14-12(10-15)8-9-13(16-14)11-6-4-3-5-7-11/h3-9H,1-2H3. The van der Waals surface area contributed by atoms with E-state index in [0.29, 0.717) is 11.4 Å². The van der Waals surface area contributed by atoms with Crippen LogP contribution in [0.5, 0.6) is 0 Å². The lowest BCUT2D eigenvalue weighted by Gasteiger charge is -2.14. The molecule has 0 aliphatic heterocycles. The Kier molecular flexibility index (Phi) is 3.06. The molecular weight excluding hydrogens is 210 g/mol. The summed E-state index contributed by atoms with van der Waals surface area (Å²) in [6.07, 6.45) is 0. The molecule has 0 saturated carbocycles. The number of rotatable bonds is 2. The van der Waals surface area contributed by atoms with E-state index in [9.17, 15) is 0 Å². The molecule has 0 fully saturated rings. The van der Waals surface area contributed by atoms with Crippen molar-refractivity contribution in [3.8, 4) is 17.3 Å².